The molecule has 2 amide bonds. The van der Waals surface area contributed by atoms with Gasteiger partial charge in [0.2, 0.25) is 5.89 Å². The van der Waals surface area contributed by atoms with Crippen molar-refractivity contribution in [2.75, 3.05) is 29.5 Å². The number of halogens is 3. The standard InChI is InChI=1S/C21H20F3N5O2S/c1-14-3-2-4-17(25-14)29(20(30)28-9-11-32-12-10-28)13-15-5-7-16(8-6-15)18-26-27-19(31-18)21(22,23)24/h2-8H,9-13H2,1H3. The highest BCUT2D eigenvalue weighted by atomic mass is 32.2. The molecule has 1 aromatic carbocycles. The fraction of sp³-hybridized carbons (Fsp3) is 0.333. The van der Waals surface area contributed by atoms with Crippen molar-refractivity contribution in [1.82, 2.24) is 20.1 Å². The highest BCUT2D eigenvalue weighted by Crippen LogP contribution is 2.30. The van der Waals surface area contributed by atoms with Gasteiger partial charge >= 0.3 is 18.1 Å². The molecule has 11 heteroatoms. The maximum absolute atomic E-state index is 13.3. The zero-order chi connectivity index (χ0) is 22.7. The van der Waals surface area contributed by atoms with Crippen LogP contribution in [0.4, 0.5) is 23.8 Å². The largest absolute Gasteiger partial charge is 0.470 e. The van der Waals surface area contributed by atoms with Gasteiger partial charge in [0, 0.05) is 35.9 Å². The maximum atomic E-state index is 13.3. The quantitative estimate of drug-likeness (QED) is 0.562. The van der Waals surface area contributed by atoms with Crippen LogP contribution in [0.15, 0.2) is 46.9 Å². The van der Waals surface area contributed by atoms with Crippen molar-refractivity contribution in [1.29, 1.82) is 0 Å². The number of anilines is 1. The Morgan fingerprint density at radius 2 is 1.84 bits per heavy atom. The van der Waals surface area contributed by atoms with Gasteiger partial charge in [-0.05, 0) is 36.8 Å². The number of aryl methyl sites for hydroxylation is 1. The van der Waals surface area contributed by atoms with Crippen LogP contribution < -0.4 is 4.90 Å². The van der Waals surface area contributed by atoms with Crippen molar-refractivity contribution in [3.8, 4) is 11.5 Å². The van der Waals surface area contributed by atoms with Crippen LogP contribution in [0.3, 0.4) is 0 Å². The summed E-state index contributed by atoms with van der Waals surface area (Å²) < 4.78 is 42.8. The minimum absolute atomic E-state index is 0.126. The summed E-state index contributed by atoms with van der Waals surface area (Å²) in [5.74, 6) is 0.713. The number of thioether (sulfide) groups is 1. The van der Waals surface area contributed by atoms with Crippen molar-refractivity contribution >= 4 is 23.6 Å². The number of nitrogens with zero attached hydrogens (tertiary/aromatic N) is 5. The van der Waals surface area contributed by atoms with Crippen LogP contribution in [0.1, 0.15) is 17.1 Å². The first-order chi connectivity index (χ1) is 15.3. The molecule has 32 heavy (non-hydrogen) atoms. The summed E-state index contributed by atoms with van der Waals surface area (Å²) in [5.41, 5.74) is 1.94. The Hall–Kier alpha value is -3.08. The lowest BCUT2D eigenvalue weighted by Crippen LogP contribution is -2.47. The number of urea groups is 1. The van der Waals surface area contributed by atoms with Crippen LogP contribution >= 0.6 is 11.8 Å². The van der Waals surface area contributed by atoms with Crippen LogP contribution in [0.25, 0.3) is 11.5 Å². The third-order valence-electron chi connectivity index (χ3n) is 4.87. The summed E-state index contributed by atoms with van der Waals surface area (Å²) in [5, 5.41) is 6.52. The molecule has 7 nitrogen and oxygen atoms in total. The van der Waals surface area contributed by atoms with Crippen molar-refractivity contribution < 1.29 is 22.4 Å². The second-order valence-electron chi connectivity index (χ2n) is 7.21. The number of hydrogen-bond donors (Lipinski definition) is 0. The average molecular weight is 463 g/mol. The number of rotatable bonds is 4. The number of amides is 2. The molecule has 1 aliphatic rings. The fourth-order valence-electron chi connectivity index (χ4n) is 3.24. The summed E-state index contributed by atoms with van der Waals surface area (Å²) in [7, 11) is 0. The lowest BCUT2D eigenvalue weighted by Gasteiger charge is -2.32. The second-order valence-corrected chi connectivity index (χ2v) is 8.44. The minimum atomic E-state index is -4.69. The smallest absolute Gasteiger partial charge is 0.413 e. The van der Waals surface area contributed by atoms with E-state index in [1.807, 2.05) is 35.7 Å². The molecular weight excluding hydrogens is 443 g/mol. The molecule has 0 N–H and O–H groups in total. The first-order valence-electron chi connectivity index (χ1n) is 9.89. The molecule has 0 unspecified atom stereocenters. The van der Waals surface area contributed by atoms with E-state index in [9.17, 15) is 18.0 Å². The van der Waals surface area contributed by atoms with Crippen LogP contribution in [0.5, 0.6) is 0 Å². The first-order valence-corrected chi connectivity index (χ1v) is 11.0. The Labute approximate surface area is 186 Å². The second kappa shape index (κ2) is 9.19. The van der Waals surface area contributed by atoms with Crippen LogP contribution in [0.2, 0.25) is 0 Å². The predicted molar refractivity (Wildman–Crippen MR) is 114 cm³/mol. The molecule has 1 aliphatic heterocycles. The Morgan fingerprint density at radius 1 is 1.12 bits per heavy atom. The van der Waals surface area contributed by atoms with Crippen LogP contribution in [0, 0.1) is 6.92 Å². The van der Waals surface area contributed by atoms with E-state index in [4.69, 9.17) is 4.42 Å². The number of pyridine rings is 1. The summed E-state index contributed by atoms with van der Waals surface area (Å²) in [6, 6.07) is 12.0. The van der Waals surface area contributed by atoms with Crippen LogP contribution in [-0.4, -0.2) is 50.7 Å². The van der Waals surface area contributed by atoms with E-state index >= 15 is 0 Å². The number of alkyl halides is 3. The van der Waals surface area contributed by atoms with Crippen molar-refractivity contribution in [2.24, 2.45) is 0 Å². The van der Waals surface area contributed by atoms with Gasteiger partial charge in [-0.2, -0.15) is 24.9 Å². The molecule has 0 atom stereocenters. The molecule has 0 spiro atoms. The molecule has 2 aromatic heterocycles. The molecule has 1 saturated heterocycles. The van der Waals surface area contributed by atoms with E-state index < -0.39 is 12.1 Å². The number of carbonyl (C=O) groups is 1. The zero-order valence-electron chi connectivity index (χ0n) is 17.2. The molecule has 168 valence electrons. The third kappa shape index (κ3) is 5.04. The molecule has 0 radical (unpaired) electrons. The molecule has 0 aliphatic carbocycles. The first kappa shape index (κ1) is 22.1. The molecular formula is C21H20F3N5O2S. The zero-order valence-corrected chi connectivity index (χ0v) is 18.0. The summed E-state index contributed by atoms with van der Waals surface area (Å²) >= 11 is 1.81. The Kier molecular flexibility index (Phi) is 6.35. The third-order valence-corrected chi connectivity index (χ3v) is 5.81. The predicted octanol–water partition coefficient (Wildman–Crippen LogP) is 4.63. The molecule has 1 fully saturated rings. The van der Waals surface area contributed by atoms with Crippen molar-refractivity contribution in [3.63, 3.8) is 0 Å². The van der Waals surface area contributed by atoms with Gasteiger partial charge in [-0.25, -0.2) is 9.78 Å². The van der Waals surface area contributed by atoms with E-state index in [1.165, 1.54) is 0 Å². The van der Waals surface area contributed by atoms with Gasteiger partial charge in [-0.1, -0.05) is 18.2 Å². The van der Waals surface area contributed by atoms with Gasteiger partial charge in [-0.15, -0.1) is 10.2 Å². The lowest BCUT2D eigenvalue weighted by atomic mass is 10.1. The number of aromatic nitrogens is 3. The van der Waals surface area contributed by atoms with Gasteiger partial charge in [-0.3, -0.25) is 4.90 Å². The fourth-order valence-corrected chi connectivity index (χ4v) is 4.14. The van der Waals surface area contributed by atoms with Gasteiger partial charge in [0.1, 0.15) is 5.82 Å². The van der Waals surface area contributed by atoms with Gasteiger partial charge in [0.25, 0.3) is 0 Å². The summed E-state index contributed by atoms with van der Waals surface area (Å²) in [6.45, 7) is 3.46. The Morgan fingerprint density at radius 3 is 2.47 bits per heavy atom. The maximum Gasteiger partial charge on any atom is 0.470 e. The summed E-state index contributed by atoms with van der Waals surface area (Å²) in [6.07, 6.45) is -4.69. The minimum Gasteiger partial charge on any atom is -0.413 e. The SMILES string of the molecule is Cc1cccc(N(Cc2ccc(-c3nnc(C(F)(F)F)o3)cc2)C(=O)N2CCSCC2)n1. The normalized spacial score (nSPS) is 14.4. The Balaban J connectivity index is 1.56. The molecule has 0 bridgehead atoms. The molecule has 3 heterocycles. The van der Waals surface area contributed by atoms with Crippen molar-refractivity contribution in [3.05, 3.63) is 59.6 Å². The monoisotopic (exact) mass is 463 g/mol. The average Bonchev–Trinajstić information content (AvgIpc) is 3.29. The summed E-state index contributed by atoms with van der Waals surface area (Å²) in [4.78, 5) is 21.2. The van der Waals surface area contributed by atoms with Gasteiger partial charge < -0.3 is 9.32 Å². The molecule has 4 rings (SSSR count). The topological polar surface area (TPSA) is 75.4 Å². The highest BCUT2D eigenvalue weighted by molar-refractivity contribution is 7.99. The van der Waals surface area contributed by atoms with Gasteiger partial charge in [0.05, 0.1) is 6.54 Å². The van der Waals surface area contributed by atoms with E-state index in [2.05, 4.69) is 15.2 Å². The van der Waals surface area contributed by atoms with E-state index in [0.29, 0.717) is 24.5 Å². The number of benzene rings is 1. The van der Waals surface area contributed by atoms with Crippen LogP contribution in [-0.2, 0) is 12.7 Å². The Bertz CT molecular complexity index is 1080. The van der Waals surface area contributed by atoms with E-state index in [-0.39, 0.29) is 18.5 Å². The molecule has 3 aromatic rings. The number of hydrogen-bond acceptors (Lipinski definition) is 6. The lowest BCUT2D eigenvalue weighted by molar-refractivity contribution is -0.156. The van der Waals surface area contributed by atoms with Gasteiger partial charge in [0.15, 0.2) is 0 Å². The van der Waals surface area contributed by atoms with E-state index in [1.54, 1.807) is 35.2 Å². The highest BCUT2D eigenvalue weighted by Gasteiger charge is 2.38. The van der Waals surface area contributed by atoms with E-state index in [0.717, 1.165) is 22.8 Å². The van der Waals surface area contributed by atoms with Crippen molar-refractivity contribution in [2.45, 2.75) is 19.6 Å². The number of carbonyl (C=O) groups excluding carboxylic acids is 1. The molecule has 0 saturated carbocycles.